The number of benzene rings is 1. The summed E-state index contributed by atoms with van der Waals surface area (Å²) in [5.41, 5.74) is 2.08. The minimum Gasteiger partial charge on any atom is -0.492 e. The molecule has 0 amide bonds. The molecule has 30 heavy (non-hydrogen) atoms. The van der Waals surface area contributed by atoms with Crippen LogP contribution in [0.1, 0.15) is 50.8 Å². The van der Waals surface area contributed by atoms with E-state index in [1.54, 1.807) is 0 Å². The summed E-state index contributed by atoms with van der Waals surface area (Å²) < 4.78 is 9.74. The van der Waals surface area contributed by atoms with E-state index >= 15 is 0 Å². The topological polar surface area (TPSA) is 42.6 Å². The van der Waals surface area contributed by atoms with Crippen LogP contribution >= 0.6 is 11.6 Å². The molecule has 1 aliphatic heterocycles. The molecule has 0 unspecified atom stereocenters. The highest BCUT2D eigenvalue weighted by Crippen LogP contribution is 2.30. The van der Waals surface area contributed by atoms with Crippen molar-refractivity contribution < 1.29 is 4.74 Å². The number of ether oxygens (including phenoxy) is 1. The van der Waals surface area contributed by atoms with Gasteiger partial charge in [0, 0.05) is 39.8 Å². The summed E-state index contributed by atoms with van der Waals surface area (Å²) in [4.78, 5) is 17.6. The van der Waals surface area contributed by atoms with E-state index in [1.165, 1.54) is 19.3 Å². The summed E-state index contributed by atoms with van der Waals surface area (Å²) in [5.74, 6) is 0.948. The highest BCUT2D eigenvalue weighted by atomic mass is 35.5. The molecule has 4 rings (SSSR count). The lowest BCUT2D eigenvalue weighted by Gasteiger charge is -2.36. The molecular formula is C23H33ClN4O2. The Morgan fingerprint density at radius 2 is 1.77 bits per heavy atom. The molecule has 1 saturated carbocycles. The van der Waals surface area contributed by atoms with Crippen LogP contribution in [0.5, 0.6) is 5.75 Å². The first-order valence-corrected chi connectivity index (χ1v) is 11.6. The average molecular weight is 433 g/mol. The van der Waals surface area contributed by atoms with Crippen LogP contribution in [-0.4, -0.2) is 47.0 Å². The summed E-state index contributed by atoms with van der Waals surface area (Å²) in [6.45, 7) is 7.12. The summed E-state index contributed by atoms with van der Waals surface area (Å²) in [5, 5.41) is 0.396. The molecule has 2 aromatic rings. The fraction of sp³-hybridized carbons (Fsp3) is 0.609. The number of rotatable bonds is 6. The number of nitrogens with zero attached hydrogens (tertiary/aromatic N) is 4. The first-order chi connectivity index (χ1) is 14.6. The second-order valence-corrected chi connectivity index (χ2v) is 8.77. The van der Waals surface area contributed by atoms with Gasteiger partial charge in [-0.25, -0.2) is 4.68 Å². The molecule has 164 valence electrons. The Labute approximate surface area is 184 Å². The third kappa shape index (κ3) is 4.26. The molecule has 0 spiro atoms. The largest absolute Gasteiger partial charge is 0.492 e. The fourth-order valence-electron chi connectivity index (χ4n) is 4.90. The zero-order valence-corrected chi connectivity index (χ0v) is 18.9. The van der Waals surface area contributed by atoms with Crippen molar-refractivity contribution >= 4 is 17.3 Å². The molecule has 0 N–H and O–H groups in total. The van der Waals surface area contributed by atoms with E-state index in [0.29, 0.717) is 18.2 Å². The lowest BCUT2D eigenvalue weighted by Crippen LogP contribution is -2.46. The first kappa shape index (κ1) is 21.3. The number of aromatic nitrogens is 2. The van der Waals surface area contributed by atoms with E-state index in [0.717, 1.165) is 56.2 Å². The molecule has 0 atom stereocenters. The number of para-hydroxylation sites is 2. The lowest BCUT2D eigenvalue weighted by molar-refractivity contribution is 0.234. The molecule has 1 aromatic carbocycles. The van der Waals surface area contributed by atoms with E-state index in [9.17, 15) is 4.79 Å². The van der Waals surface area contributed by atoms with Crippen LogP contribution in [0, 0.1) is 0 Å². The van der Waals surface area contributed by atoms with Crippen LogP contribution in [-0.2, 0) is 13.6 Å². The van der Waals surface area contributed by atoms with E-state index in [2.05, 4.69) is 21.9 Å². The lowest BCUT2D eigenvalue weighted by atomic mass is 9.96. The van der Waals surface area contributed by atoms with E-state index in [-0.39, 0.29) is 11.6 Å². The van der Waals surface area contributed by atoms with Crippen LogP contribution in [0.25, 0.3) is 0 Å². The van der Waals surface area contributed by atoms with Crippen LogP contribution in [0.15, 0.2) is 29.1 Å². The van der Waals surface area contributed by atoms with Gasteiger partial charge >= 0.3 is 0 Å². The van der Waals surface area contributed by atoms with Gasteiger partial charge in [0.25, 0.3) is 5.56 Å². The van der Waals surface area contributed by atoms with Crippen LogP contribution in [0.2, 0.25) is 5.02 Å². The van der Waals surface area contributed by atoms with Gasteiger partial charge < -0.3 is 9.64 Å². The van der Waals surface area contributed by atoms with Gasteiger partial charge in [-0.1, -0.05) is 43.0 Å². The summed E-state index contributed by atoms with van der Waals surface area (Å²) in [6, 6.07) is 8.53. The van der Waals surface area contributed by atoms with E-state index in [4.69, 9.17) is 16.3 Å². The number of hydrogen-bond donors (Lipinski definition) is 0. The van der Waals surface area contributed by atoms with Gasteiger partial charge in [-0.05, 0) is 31.9 Å². The van der Waals surface area contributed by atoms with Gasteiger partial charge in [-0.15, -0.1) is 0 Å². The van der Waals surface area contributed by atoms with Crippen molar-refractivity contribution in [3.05, 3.63) is 45.3 Å². The monoisotopic (exact) mass is 432 g/mol. The highest BCUT2D eigenvalue weighted by Gasteiger charge is 2.26. The minimum atomic E-state index is -0.0228. The van der Waals surface area contributed by atoms with Crippen LogP contribution in [0.3, 0.4) is 0 Å². The zero-order valence-electron chi connectivity index (χ0n) is 18.1. The molecule has 2 fully saturated rings. The van der Waals surface area contributed by atoms with Gasteiger partial charge in [0.05, 0.1) is 24.0 Å². The van der Waals surface area contributed by atoms with Crippen LogP contribution < -0.4 is 15.2 Å². The van der Waals surface area contributed by atoms with Crippen molar-refractivity contribution in [2.75, 3.05) is 37.7 Å². The number of hydrogen-bond acceptors (Lipinski definition) is 4. The second-order valence-electron chi connectivity index (χ2n) is 8.39. The molecule has 6 nitrogen and oxygen atoms in total. The van der Waals surface area contributed by atoms with E-state index in [1.807, 2.05) is 35.5 Å². The minimum absolute atomic E-state index is 0.0228. The molecule has 0 radical (unpaired) electrons. The molecule has 7 heteroatoms. The Kier molecular flexibility index (Phi) is 6.74. The van der Waals surface area contributed by atoms with E-state index < -0.39 is 0 Å². The predicted molar refractivity (Wildman–Crippen MR) is 122 cm³/mol. The highest BCUT2D eigenvalue weighted by molar-refractivity contribution is 6.31. The molecule has 1 aliphatic carbocycles. The van der Waals surface area contributed by atoms with Crippen molar-refractivity contribution in [2.45, 2.75) is 51.6 Å². The van der Waals surface area contributed by atoms with Crippen molar-refractivity contribution in [3.8, 4) is 5.75 Å². The second kappa shape index (κ2) is 9.48. The number of piperazine rings is 1. The maximum absolute atomic E-state index is 12.9. The summed E-state index contributed by atoms with van der Waals surface area (Å²) in [7, 11) is 1.99. The standard InChI is InChI=1S/C23H33ClN4O2/c1-3-30-21-12-8-7-11-19(21)27-15-13-26(14-16-27)17-20-22(24)23(29)28(25(20)2)18-9-5-4-6-10-18/h7-8,11-12,18H,3-6,9-10,13-17H2,1-2H3. The number of anilines is 1. The molecule has 2 heterocycles. The Hall–Kier alpha value is -1.92. The van der Waals surface area contributed by atoms with Crippen molar-refractivity contribution in [1.82, 2.24) is 14.3 Å². The van der Waals surface area contributed by atoms with Gasteiger partial charge in [0.1, 0.15) is 10.8 Å². The quantitative estimate of drug-likeness (QED) is 0.690. The number of halogens is 1. The summed E-state index contributed by atoms with van der Waals surface area (Å²) >= 11 is 6.53. The predicted octanol–water partition coefficient (Wildman–Crippen LogP) is 4.07. The van der Waals surface area contributed by atoms with Crippen LogP contribution in [0.4, 0.5) is 5.69 Å². The SMILES string of the molecule is CCOc1ccccc1N1CCN(Cc2c(Cl)c(=O)n(C3CCCCC3)n2C)CC1. The molecule has 1 aromatic heterocycles. The van der Waals surface area contributed by atoms with Crippen molar-refractivity contribution in [3.63, 3.8) is 0 Å². The molecule has 1 saturated heterocycles. The van der Waals surface area contributed by atoms with Crippen molar-refractivity contribution in [1.29, 1.82) is 0 Å². The first-order valence-electron chi connectivity index (χ1n) is 11.2. The van der Waals surface area contributed by atoms with Gasteiger partial charge in [-0.2, -0.15) is 0 Å². The average Bonchev–Trinajstić information content (AvgIpc) is 2.99. The smallest absolute Gasteiger partial charge is 0.286 e. The maximum atomic E-state index is 12.9. The molecule has 2 aliphatic rings. The third-order valence-electron chi connectivity index (χ3n) is 6.54. The summed E-state index contributed by atoms with van der Waals surface area (Å²) in [6.07, 6.45) is 5.81. The maximum Gasteiger partial charge on any atom is 0.286 e. The third-order valence-corrected chi connectivity index (χ3v) is 6.91. The molecular weight excluding hydrogens is 400 g/mol. The Balaban J connectivity index is 1.44. The van der Waals surface area contributed by atoms with Gasteiger partial charge in [-0.3, -0.25) is 14.4 Å². The Bertz CT molecular complexity index is 908. The fourth-order valence-corrected chi connectivity index (χ4v) is 5.16. The Morgan fingerprint density at radius 3 is 2.47 bits per heavy atom. The van der Waals surface area contributed by atoms with Gasteiger partial charge in [0.15, 0.2) is 0 Å². The van der Waals surface area contributed by atoms with Gasteiger partial charge in [0.2, 0.25) is 0 Å². The van der Waals surface area contributed by atoms with Crippen molar-refractivity contribution in [2.24, 2.45) is 7.05 Å². The Morgan fingerprint density at radius 1 is 1.07 bits per heavy atom. The zero-order chi connectivity index (χ0) is 21.1. The molecule has 0 bridgehead atoms. The normalized spacial score (nSPS) is 18.7.